The number of hydrogen-bond acceptors (Lipinski definition) is 3. The third kappa shape index (κ3) is 3.68. The minimum Gasteiger partial charge on any atom is -0.508 e. The monoisotopic (exact) mass is 283 g/mol. The maximum atomic E-state index is 12.1. The molecule has 1 fully saturated rings. The molecule has 0 aliphatic carbocycles. The van der Waals surface area contributed by atoms with Gasteiger partial charge in [-0.15, -0.1) is 25.6 Å². The van der Waals surface area contributed by atoms with Gasteiger partial charge in [0, 0.05) is 11.6 Å². The maximum absolute atomic E-state index is 12.1. The number of phenols is 1. The van der Waals surface area contributed by atoms with Crippen LogP contribution < -0.4 is 10.1 Å². The second kappa shape index (κ2) is 5.67. The summed E-state index contributed by atoms with van der Waals surface area (Å²) in [6, 6.07) is 3.44. The first-order chi connectivity index (χ1) is 7.96. The van der Waals surface area contributed by atoms with Crippen molar-refractivity contribution in [2.75, 3.05) is 6.54 Å². The Kier molecular flexibility index (Phi) is 4.70. The highest BCUT2D eigenvalue weighted by molar-refractivity contribution is 5.85. The van der Waals surface area contributed by atoms with Gasteiger partial charge in [-0.25, -0.2) is 0 Å². The summed E-state index contributed by atoms with van der Waals surface area (Å²) in [7, 11) is 0. The van der Waals surface area contributed by atoms with Crippen LogP contribution in [0, 0.1) is 0 Å². The lowest BCUT2D eigenvalue weighted by atomic mass is 10.0. The molecular formula is C11H13ClF3NO2. The van der Waals surface area contributed by atoms with Gasteiger partial charge in [0.05, 0.1) is 0 Å². The van der Waals surface area contributed by atoms with Crippen molar-refractivity contribution in [3.63, 3.8) is 0 Å². The fraction of sp³-hybridized carbons (Fsp3) is 0.455. The van der Waals surface area contributed by atoms with E-state index in [9.17, 15) is 18.3 Å². The Bertz CT molecular complexity index is 406. The molecule has 0 spiro atoms. The minimum absolute atomic E-state index is 0. The fourth-order valence-corrected chi connectivity index (χ4v) is 1.96. The van der Waals surface area contributed by atoms with E-state index >= 15 is 0 Å². The molecule has 0 amide bonds. The van der Waals surface area contributed by atoms with E-state index in [1.54, 1.807) is 0 Å². The Balaban J connectivity index is 0.00000162. The van der Waals surface area contributed by atoms with E-state index < -0.39 is 6.36 Å². The van der Waals surface area contributed by atoms with E-state index in [4.69, 9.17) is 0 Å². The largest absolute Gasteiger partial charge is 0.573 e. The van der Waals surface area contributed by atoms with Gasteiger partial charge in [-0.1, -0.05) is 0 Å². The molecule has 1 atom stereocenters. The standard InChI is InChI=1S/C11H12F3NO2.ClH/c12-11(13,14)17-7-3-4-10(16)8(6-7)9-2-1-5-15-9;/h3-4,6,9,15-16H,1-2,5H2;1H/t9-;/m1./s1. The number of phenolic OH excluding ortho intramolecular Hbond substituents is 1. The Morgan fingerprint density at radius 2 is 2.06 bits per heavy atom. The molecule has 0 unspecified atom stereocenters. The summed E-state index contributed by atoms with van der Waals surface area (Å²) >= 11 is 0. The average molecular weight is 284 g/mol. The zero-order valence-corrected chi connectivity index (χ0v) is 10.1. The van der Waals surface area contributed by atoms with E-state index in [1.807, 2.05) is 0 Å². The SMILES string of the molecule is Cl.Oc1ccc(OC(F)(F)F)cc1[C@H]1CCCN1. The normalized spacial score (nSPS) is 19.4. The van der Waals surface area contributed by atoms with E-state index in [0.29, 0.717) is 5.56 Å². The van der Waals surface area contributed by atoms with Crippen LogP contribution in [0.2, 0.25) is 0 Å². The number of aromatic hydroxyl groups is 1. The smallest absolute Gasteiger partial charge is 0.508 e. The number of halogens is 4. The van der Waals surface area contributed by atoms with Crippen LogP contribution in [0.25, 0.3) is 0 Å². The topological polar surface area (TPSA) is 41.5 Å². The van der Waals surface area contributed by atoms with Crippen LogP contribution in [-0.2, 0) is 0 Å². The van der Waals surface area contributed by atoms with Crippen molar-refractivity contribution in [1.82, 2.24) is 5.32 Å². The molecule has 2 N–H and O–H groups in total. The number of alkyl halides is 3. The molecule has 3 nitrogen and oxygen atoms in total. The summed E-state index contributed by atoms with van der Waals surface area (Å²) in [5.41, 5.74) is 0.448. The molecule has 0 radical (unpaired) electrons. The number of nitrogens with one attached hydrogen (secondary N) is 1. The van der Waals surface area contributed by atoms with Gasteiger partial charge in [-0.3, -0.25) is 0 Å². The van der Waals surface area contributed by atoms with Gasteiger partial charge < -0.3 is 15.2 Å². The van der Waals surface area contributed by atoms with Crippen LogP contribution in [0.5, 0.6) is 11.5 Å². The van der Waals surface area contributed by atoms with E-state index in [0.717, 1.165) is 25.5 Å². The maximum Gasteiger partial charge on any atom is 0.573 e. The van der Waals surface area contributed by atoms with Crippen LogP contribution >= 0.6 is 12.4 Å². The van der Waals surface area contributed by atoms with Crippen molar-refractivity contribution in [3.8, 4) is 11.5 Å². The Hall–Kier alpha value is -1.14. The quantitative estimate of drug-likeness (QED) is 0.876. The third-order valence-electron chi connectivity index (χ3n) is 2.67. The lowest BCUT2D eigenvalue weighted by Gasteiger charge is -2.15. The minimum atomic E-state index is -4.71. The summed E-state index contributed by atoms with van der Waals surface area (Å²) in [4.78, 5) is 0. The van der Waals surface area contributed by atoms with E-state index in [-0.39, 0.29) is 29.9 Å². The summed E-state index contributed by atoms with van der Waals surface area (Å²) < 4.78 is 40.0. The van der Waals surface area contributed by atoms with Crippen molar-refractivity contribution in [2.24, 2.45) is 0 Å². The second-order valence-corrected chi connectivity index (χ2v) is 3.92. The van der Waals surface area contributed by atoms with Crippen LogP contribution in [0.1, 0.15) is 24.4 Å². The zero-order chi connectivity index (χ0) is 12.5. The van der Waals surface area contributed by atoms with Gasteiger partial charge >= 0.3 is 6.36 Å². The van der Waals surface area contributed by atoms with Crippen molar-refractivity contribution in [1.29, 1.82) is 0 Å². The average Bonchev–Trinajstić information content (AvgIpc) is 2.72. The van der Waals surface area contributed by atoms with Crippen molar-refractivity contribution < 1.29 is 23.0 Å². The molecule has 0 saturated carbocycles. The van der Waals surface area contributed by atoms with Crippen molar-refractivity contribution in [2.45, 2.75) is 25.2 Å². The number of rotatable bonds is 2. The van der Waals surface area contributed by atoms with Gasteiger partial charge in [-0.2, -0.15) is 0 Å². The molecule has 2 rings (SSSR count). The zero-order valence-electron chi connectivity index (χ0n) is 9.33. The molecule has 0 aromatic heterocycles. The summed E-state index contributed by atoms with van der Waals surface area (Å²) in [5.74, 6) is -0.321. The predicted molar refractivity (Wildman–Crippen MR) is 62.0 cm³/mol. The Labute approximate surface area is 108 Å². The first-order valence-electron chi connectivity index (χ1n) is 5.28. The first-order valence-corrected chi connectivity index (χ1v) is 5.28. The molecule has 0 bridgehead atoms. The fourth-order valence-electron chi connectivity index (χ4n) is 1.96. The first kappa shape index (κ1) is 14.9. The number of hydrogen-bond donors (Lipinski definition) is 2. The highest BCUT2D eigenvalue weighted by Gasteiger charge is 2.31. The molecule has 1 aromatic rings. The predicted octanol–water partition coefficient (Wildman–Crippen LogP) is 3.14. The molecule has 7 heteroatoms. The van der Waals surface area contributed by atoms with Crippen LogP contribution in [0.4, 0.5) is 13.2 Å². The lowest BCUT2D eigenvalue weighted by molar-refractivity contribution is -0.274. The molecule has 1 heterocycles. The van der Waals surface area contributed by atoms with Gasteiger partial charge in [0.2, 0.25) is 0 Å². The summed E-state index contributed by atoms with van der Waals surface area (Å²) in [6.45, 7) is 0.800. The summed E-state index contributed by atoms with van der Waals surface area (Å²) in [6.07, 6.45) is -2.98. The van der Waals surface area contributed by atoms with Gasteiger partial charge in [0.1, 0.15) is 11.5 Å². The van der Waals surface area contributed by atoms with Gasteiger partial charge in [-0.05, 0) is 37.6 Å². The molecule has 1 aliphatic heterocycles. The Morgan fingerprint density at radius 1 is 1.33 bits per heavy atom. The van der Waals surface area contributed by atoms with Crippen LogP contribution in [0.3, 0.4) is 0 Å². The van der Waals surface area contributed by atoms with Crippen LogP contribution in [-0.4, -0.2) is 18.0 Å². The lowest BCUT2D eigenvalue weighted by Crippen LogP contribution is -2.18. The summed E-state index contributed by atoms with van der Waals surface area (Å²) in [5, 5.41) is 12.7. The molecule has 1 aliphatic rings. The highest BCUT2D eigenvalue weighted by atomic mass is 35.5. The number of benzene rings is 1. The molecule has 18 heavy (non-hydrogen) atoms. The second-order valence-electron chi connectivity index (χ2n) is 3.92. The third-order valence-corrected chi connectivity index (χ3v) is 2.67. The van der Waals surface area contributed by atoms with Crippen LogP contribution in [0.15, 0.2) is 18.2 Å². The highest BCUT2D eigenvalue weighted by Crippen LogP contribution is 2.34. The van der Waals surface area contributed by atoms with Crippen molar-refractivity contribution >= 4 is 12.4 Å². The number of ether oxygens (including phenoxy) is 1. The van der Waals surface area contributed by atoms with Gasteiger partial charge in [0.25, 0.3) is 0 Å². The molecule has 102 valence electrons. The van der Waals surface area contributed by atoms with Crippen molar-refractivity contribution in [3.05, 3.63) is 23.8 Å². The van der Waals surface area contributed by atoms with E-state index in [2.05, 4.69) is 10.1 Å². The van der Waals surface area contributed by atoms with E-state index in [1.165, 1.54) is 12.1 Å². The Morgan fingerprint density at radius 3 is 2.61 bits per heavy atom. The van der Waals surface area contributed by atoms with Gasteiger partial charge in [0.15, 0.2) is 0 Å². The molecule has 1 aromatic carbocycles. The molecular weight excluding hydrogens is 271 g/mol. The molecule has 1 saturated heterocycles.